The summed E-state index contributed by atoms with van der Waals surface area (Å²) in [6, 6.07) is 0. The van der Waals surface area contributed by atoms with Crippen LogP contribution in [0.1, 0.15) is 40.5 Å². The molecule has 0 aromatic rings. The first-order valence-corrected chi connectivity index (χ1v) is 7.48. The van der Waals surface area contributed by atoms with Gasteiger partial charge in [-0.2, -0.15) is 11.8 Å². The molecular weight excluding hydrogens is 218 g/mol. The Morgan fingerprint density at radius 3 is 2.62 bits per heavy atom. The van der Waals surface area contributed by atoms with E-state index in [0.29, 0.717) is 11.5 Å². The maximum absolute atomic E-state index is 5.55. The van der Waals surface area contributed by atoms with Crippen LogP contribution in [-0.2, 0) is 4.74 Å². The summed E-state index contributed by atoms with van der Waals surface area (Å²) in [5.74, 6) is 1.21. The maximum Gasteiger partial charge on any atom is 0.0666 e. The molecule has 0 bridgehead atoms. The van der Waals surface area contributed by atoms with Crippen LogP contribution in [0, 0.1) is 5.41 Å². The fourth-order valence-electron chi connectivity index (χ4n) is 1.80. The molecule has 0 aromatic carbocycles. The Kier molecular flexibility index (Phi) is 6.16. The first-order valence-electron chi connectivity index (χ1n) is 6.43. The van der Waals surface area contributed by atoms with Crippen molar-refractivity contribution in [3.05, 3.63) is 0 Å². The predicted octanol–water partition coefficient (Wildman–Crippen LogP) is 2.92. The SMILES string of the molecule is CC1OCCC1SCCNCCC(C)(C)C. The van der Waals surface area contributed by atoms with E-state index in [1.807, 2.05) is 0 Å². The highest BCUT2D eigenvalue weighted by atomic mass is 32.2. The molecule has 0 spiro atoms. The fraction of sp³-hybridized carbons (Fsp3) is 1.00. The molecule has 1 N–H and O–H groups in total. The Morgan fingerprint density at radius 1 is 1.31 bits per heavy atom. The van der Waals surface area contributed by atoms with Gasteiger partial charge in [0.05, 0.1) is 6.10 Å². The average molecular weight is 245 g/mol. The van der Waals surface area contributed by atoms with Crippen molar-refractivity contribution in [1.82, 2.24) is 5.32 Å². The summed E-state index contributed by atoms with van der Waals surface area (Å²) in [5, 5.41) is 4.25. The monoisotopic (exact) mass is 245 g/mol. The van der Waals surface area contributed by atoms with Gasteiger partial charge in [0.25, 0.3) is 0 Å². The van der Waals surface area contributed by atoms with Gasteiger partial charge in [0.15, 0.2) is 0 Å². The lowest BCUT2D eigenvalue weighted by molar-refractivity contribution is 0.127. The van der Waals surface area contributed by atoms with Crippen molar-refractivity contribution in [2.24, 2.45) is 5.41 Å². The smallest absolute Gasteiger partial charge is 0.0666 e. The highest BCUT2D eigenvalue weighted by Crippen LogP contribution is 2.25. The lowest BCUT2D eigenvalue weighted by Gasteiger charge is -2.18. The Balaban J connectivity index is 1.92. The highest BCUT2D eigenvalue weighted by Gasteiger charge is 2.23. The van der Waals surface area contributed by atoms with E-state index < -0.39 is 0 Å². The molecule has 2 nitrogen and oxygen atoms in total. The second-order valence-corrected chi connectivity index (χ2v) is 7.18. The highest BCUT2D eigenvalue weighted by molar-refractivity contribution is 8.00. The third kappa shape index (κ3) is 6.12. The summed E-state index contributed by atoms with van der Waals surface area (Å²) in [6.45, 7) is 12.3. The number of thioether (sulfide) groups is 1. The van der Waals surface area contributed by atoms with E-state index >= 15 is 0 Å². The molecule has 0 aromatic heterocycles. The van der Waals surface area contributed by atoms with Crippen LogP contribution < -0.4 is 5.32 Å². The van der Waals surface area contributed by atoms with Crippen LogP contribution >= 0.6 is 11.8 Å². The van der Waals surface area contributed by atoms with Gasteiger partial charge >= 0.3 is 0 Å². The molecule has 1 fully saturated rings. The zero-order valence-electron chi connectivity index (χ0n) is 11.2. The van der Waals surface area contributed by atoms with Crippen molar-refractivity contribution in [3.8, 4) is 0 Å². The van der Waals surface area contributed by atoms with Crippen LogP contribution in [-0.4, -0.2) is 36.8 Å². The number of hydrogen-bond donors (Lipinski definition) is 1. The molecule has 1 aliphatic rings. The van der Waals surface area contributed by atoms with Gasteiger partial charge in [-0.05, 0) is 31.7 Å². The minimum Gasteiger partial charge on any atom is -0.377 e. The van der Waals surface area contributed by atoms with Crippen LogP contribution in [0.4, 0.5) is 0 Å². The number of ether oxygens (including phenoxy) is 1. The molecule has 96 valence electrons. The van der Waals surface area contributed by atoms with E-state index in [1.54, 1.807) is 0 Å². The molecule has 1 aliphatic heterocycles. The van der Waals surface area contributed by atoms with Gasteiger partial charge in [-0.1, -0.05) is 20.8 Å². The first kappa shape index (κ1) is 14.3. The lowest BCUT2D eigenvalue weighted by atomic mass is 9.92. The van der Waals surface area contributed by atoms with Gasteiger partial charge in [0.2, 0.25) is 0 Å². The Morgan fingerprint density at radius 2 is 2.06 bits per heavy atom. The molecule has 0 amide bonds. The second-order valence-electron chi connectivity index (χ2n) is 5.83. The van der Waals surface area contributed by atoms with Crippen LogP contribution in [0.25, 0.3) is 0 Å². The summed E-state index contributed by atoms with van der Waals surface area (Å²) in [6.07, 6.45) is 2.94. The van der Waals surface area contributed by atoms with Crippen molar-refractivity contribution >= 4 is 11.8 Å². The zero-order chi connectivity index (χ0) is 12.0. The van der Waals surface area contributed by atoms with Crippen LogP contribution in [0.2, 0.25) is 0 Å². The molecular formula is C13H27NOS. The molecule has 0 aliphatic carbocycles. The largest absolute Gasteiger partial charge is 0.377 e. The fourth-order valence-corrected chi connectivity index (χ4v) is 2.98. The van der Waals surface area contributed by atoms with Gasteiger partial charge in [0, 0.05) is 24.2 Å². The second kappa shape index (κ2) is 6.87. The maximum atomic E-state index is 5.55. The molecule has 2 unspecified atom stereocenters. The summed E-state index contributed by atoms with van der Waals surface area (Å²) >= 11 is 2.06. The Bertz CT molecular complexity index is 191. The van der Waals surface area contributed by atoms with E-state index in [2.05, 4.69) is 44.8 Å². The quantitative estimate of drug-likeness (QED) is 0.727. The van der Waals surface area contributed by atoms with Gasteiger partial charge in [-0.15, -0.1) is 0 Å². The molecule has 1 heterocycles. The third-order valence-corrected chi connectivity index (χ3v) is 4.46. The molecule has 2 atom stereocenters. The zero-order valence-corrected chi connectivity index (χ0v) is 12.0. The van der Waals surface area contributed by atoms with Gasteiger partial charge in [0.1, 0.15) is 0 Å². The van der Waals surface area contributed by atoms with E-state index in [-0.39, 0.29) is 0 Å². The van der Waals surface area contributed by atoms with E-state index in [4.69, 9.17) is 4.74 Å². The van der Waals surface area contributed by atoms with Crippen molar-refractivity contribution in [2.45, 2.75) is 51.9 Å². The summed E-state index contributed by atoms with van der Waals surface area (Å²) in [7, 11) is 0. The van der Waals surface area contributed by atoms with E-state index in [1.165, 1.54) is 18.6 Å². The minimum atomic E-state index is 0.452. The summed E-state index contributed by atoms with van der Waals surface area (Å²) < 4.78 is 5.55. The van der Waals surface area contributed by atoms with Gasteiger partial charge in [-0.25, -0.2) is 0 Å². The van der Waals surface area contributed by atoms with Crippen LogP contribution in [0.15, 0.2) is 0 Å². The average Bonchev–Trinajstić information content (AvgIpc) is 2.56. The van der Waals surface area contributed by atoms with E-state index in [0.717, 1.165) is 24.9 Å². The normalized spacial score (nSPS) is 26.2. The van der Waals surface area contributed by atoms with Gasteiger partial charge < -0.3 is 10.1 Å². The minimum absolute atomic E-state index is 0.452. The van der Waals surface area contributed by atoms with Crippen LogP contribution in [0.3, 0.4) is 0 Å². The Hall–Kier alpha value is 0.270. The van der Waals surface area contributed by atoms with Crippen molar-refractivity contribution < 1.29 is 4.74 Å². The predicted molar refractivity (Wildman–Crippen MR) is 73.2 cm³/mol. The topological polar surface area (TPSA) is 21.3 Å². The third-order valence-electron chi connectivity index (χ3n) is 2.97. The molecule has 0 saturated carbocycles. The van der Waals surface area contributed by atoms with Crippen molar-refractivity contribution in [3.63, 3.8) is 0 Å². The van der Waals surface area contributed by atoms with Crippen molar-refractivity contribution in [1.29, 1.82) is 0 Å². The number of hydrogen-bond acceptors (Lipinski definition) is 3. The first-order chi connectivity index (χ1) is 7.49. The van der Waals surface area contributed by atoms with Gasteiger partial charge in [-0.3, -0.25) is 0 Å². The van der Waals surface area contributed by atoms with Crippen LogP contribution in [0.5, 0.6) is 0 Å². The molecule has 0 radical (unpaired) electrons. The molecule has 1 rings (SSSR count). The van der Waals surface area contributed by atoms with Crippen molar-refractivity contribution in [2.75, 3.05) is 25.4 Å². The number of nitrogens with one attached hydrogen (secondary N) is 1. The summed E-state index contributed by atoms with van der Waals surface area (Å²) in [5.41, 5.74) is 0.452. The lowest BCUT2D eigenvalue weighted by Crippen LogP contribution is -2.24. The standard InChI is InChI=1S/C13H27NOS/c1-11-12(5-9-15-11)16-10-8-14-7-6-13(2,3)4/h11-12,14H,5-10H2,1-4H3. The molecule has 1 saturated heterocycles. The Labute approximate surface area is 105 Å². The number of rotatable bonds is 6. The molecule has 3 heteroatoms. The summed E-state index contributed by atoms with van der Waals surface area (Å²) in [4.78, 5) is 0. The van der Waals surface area contributed by atoms with E-state index in [9.17, 15) is 0 Å². The molecule has 16 heavy (non-hydrogen) atoms.